The molecule has 0 amide bonds. The van der Waals surface area contributed by atoms with Gasteiger partial charge in [-0.3, -0.25) is 0 Å². The van der Waals surface area contributed by atoms with Crippen molar-refractivity contribution < 1.29 is 13.2 Å². The molecule has 1 saturated heterocycles. The highest BCUT2D eigenvalue weighted by molar-refractivity contribution is 9.10. The van der Waals surface area contributed by atoms with E-state index in [1.807, 2.05) is 5.38 Å². The zero-order valence-electron chi connectivity index (χ0n) is 17.0. The summed E-state index contributed by atoms with van der Waals surface area (Å²) in [6.45, 7) is 1.27. The molecule has 1 aliphatic heterocycles. The van der Waals surface area contributed by atoms with Crippen LogP contribution in [-0.2, 0) is 14.8 Å². The van der Waals surface area contributed by atoms with Gasteiger partial charge in [0.05, 0.1) is 25.0 Å². The number of nitrogens with one attached hydrogen (secondary N) is 1. The Morgan fingerprint density at radius 2 is 1.93 bits per heavy atom. The lowest BCUT2D eigenvalue weighted by molar-refractivity contribution is 0.0157. The van der Waals surface area contributed by atoms with Crippen molar-refractivity contribution >= 4 is 42.4 Å². The molecular weight excluding hydrogens is 486 g/mol. The van der Waals surface area contributed by atoms with Crippen molar-refractivity contribution in [3.8, 4) is 0 Å². The highest BCUT2D eigenvalue weighted by Crippen LogP contribution is 2.35. The fourth-order valence-electron chi connectivity index (χ4n) is 4.61. The number of anilines is 1. The lowest BCUT2D eigenvalue weighted by atomic mass is 9.83. The molecule has 30 heavy (non-hydrogen) atoms. The number of hydrogen-bond acceptors (Lipinski definition) is 6. The predicted molar refractivity (Wildman–Crippen MR) is 125 cm³/mol. The van der Waals surface area contributed by atoms with Gasteiger partial charge in [0.15, 0.2) is 5.13 Å². The Bertz CT molecular complexity index is 930. The van der Waals surface area contributed by atoms with Crippen LogP contribution in [0.1, 0.15) is 43.6 Å². The predicted octanol–water partition coefficient (Wildman–Crippen LogP) is 4.15. The molecule has 2 heterocycles. The van der Waals surface area contributed by atoms with Crippen LogP contribution in [0.2, 0.25) is 0 Å². The SMILES string of the molecule is CS(=O)(=O)N[C@H]1CCN(c2nc(Br)cs2)[C@H]1COC1CCC(c2ccccc2)CC1. The van der Waals surface area contributed by atoms with Crippen LogP contribution in [0.4, 0.5) is 5.13 Å². The maximum atomic E-state index is 11.9. The average molecular weight is 515 g/mol. The minimum absolute atomic E-state index is 0.0513. The van der Waals surface area contributed by atoms with Crippen molar-refractivity contribution in [2.75, 3.05) is 24.3 Å². The fourth-order valence-corrected chi connectivity index (χ4v) is 6.77. The van der Waals surface area contributed by atoms with Gasteiger partial charge in [-0.1, -0.05) is 30.3 Å². The van der Waals surface area contributed by atoms with Crippen molar-refractivity contribution in [1.82, 2.24) is 9.71 Å². The van der Waals surface area contributed by atoms with Crippen LogP contribution in [0.3, 0.4) is 0 Å². The first kappa shape index (κ1) is 22.2. The standard InChI is InChI=1S/C21H28BrN3O3S2/c1-30(26,27)24-18-11-12-25(21-23-20(22)14-29-21)19(18)13-28-17-9-7-16(8-10-17)15-5-3-2-4-6-15/h2-6,14,16-19,24H,7-13H2,1H3/t16?,17?,18-,19-/m0/s1. The molecule has 0 spiro atoms. The number of aromatic nitrogens is 1. The summed E-state index contributed by atoms with van der Waals surface area (Å²) in [5, 5.41) is 2.86. The van der Waals surface area contributed by atoms with Gasteiger partial charge in [-0.2, -0.15) is 0 Å². The van der Waals surface area contributed by atoms with E-state index in [0.29, 0.717) is 12.5 Å². The summed E-state index contributed by atoms with van der Waals surface area (Å²) in [6.07, 6.45) is 6.55. The first-order valence-electron chi connectivity index (χ1n) is 10.4. The molecule has 2 atom stereocenters. The minimum Gasteiger partial charge on any atom is -0.376 e. The van der Waals surface area contributed by atoms with Gasteiger partial charge in [-0.05, 0) is 59.5 Å². The molecule has 4 rings (SSSR count). The van der Waals surface area contributed by atoms with Crippen molar-refractivity contribution in [3.05, 3.63) is 45.9 Å². The zero-order valence-corrected chi connectivity index (χ0v) is 20.3. The first-order chi connectivity index (χ1) is 14.4. The van der Waals surface area contributed by atoms with Crippen molar-refractivity contribution in [1.29, 1.82) is 0 Å². The van der Waals surface area contributed by atoms with E-state index in [2.05, 4.69) is 60.9 Å². The van der Waals surface area contributed by atoms with E-state index in [-0.39, 0.29) is 18.2 Å². The van der Waals surface area contributed by atoms with E-state index >= 15 is 0 Å². The van der Waals surface area contributed by atoms with E-state index in [0.717, 1.165) is 48.4 Å². The number of halogens is 1. The van der Waals surface area contributed by atoms with E-state index in [9.17, 15) is 8.42 Å². The Morgan fingerprint density at radius 1 is 1.20 bits per heavy atom. The monoisotopic (exact) mass is 513 g/mol. The zero-order chi connectivity index (χ0) is 21.1. The number of sulfonamides is 1. The molecule has 164 valence electrons. The number of benzene rings is 1. The van der Waals surface area contributed by atoms with Gasteiger partial charge in [0.2, 0.25) is 10.0 Å². The number of thiazole rings is 1. The summed E-state index contributed by atoms with van der Waals surface area (Å²) in [7, 11) is -3.28. The molecule has 2 fully saturated rings. The summed E-state index contributed by atoms with van der Waals surface area (Å²) >= 11 is 4.98. The summed E-state index contributed by atoms with van der Waals surface area (Å²) < 4.78 is 33.7. The largest absolute Gasteiger partial charge is 0.376 e. The van der Waals surface area contributed by atoms with Gasteiger partial charge in [0.25, 0.3) is 0 Å². The van der Waals surface area contributed by atoms with Gasteiger partial charge in [-0.25, -0.2) is 18.1 Å². The van der Waals surface area contributed by atoms with Crippen molar-refractivity contribution in [2.24, 2.45) is 0 Å². The van der Waals surface area contributed by atoms with Gasteiger partial charge >= 0.3 is 0 Å². The lowest BCUT2D eigenvalue weighted by Crippen LogP contribution is -2.48. The summed E-state index contributed by atoms with van der Waals surface area (Å²) in [4.78, 5) is 6.73. The third kappa shape index (κ3) is 5.62. The second kappa shape index (κ2) is 9.65. The van der Waals surface area contributed by atoms with E-state index in [4.69, 9.17) is 4.74 Å². The summed E-state index contributed by atoms with van der Waals surface area (Å²) in [5.41, 5.74) is 1.42. The van der Waals surface area contributed by atoms with Crippen LogP contribution in [0.15, 0.2) is 40.3 Å². The molecule has 0 bridgehead atoms. The first-order valence-corrected chi connectivity index (χ1v) is 14.0. The molecule has 2 aromatic rings. The Labute approximate surface area is 191 Å². The van der Waals surface area contributed by atoms with Crippen molar-refractivity contribution in [2.45, 2.75) is 56.2 Å². The normalized spacial score (nSPS) is 27.5. The number of hydrogen-bond donors (Lipinski definition) is 1. The Hall–Kier alpha value is -1.00. The average Bonchev–Trinajstić information content (AvgIpc) is 3.32. The molecular formula is C21H28BrN3O3S2. The second-order valence-electron chi connectivity index (χ2n) is 8.22. The third-order valence-electron chi connectivity index (χ3n) is 6.07. The van der Waals surface area contributed by atoms with Gasteiger partial charge in [-0.15, -0.1) is 11.3 Å². The van der Waals surface area contributed by atoms with Crippen LogP contribution in [0.5, 0.6) is 0 Å². The summed E-state index contributed by atoms with van der Waals surface area (Å²) in [5.74, 6) is 0.612. The Balaban J connectivity index is 1.37. The lowest BCUT2D eigenvalue weighted by Gasteiger charge is -2.32. The van der Waals surface area contributed by atoms with E-state index in [1.165, 1.54) is 11.8 Å². The van der Waals surface area contributed by atoms with Gasteiger partial charge < -0.3 is 9.64 Å². The van der Waals surface area contributed by atoms with E-state index in [1.54, 1.807) is 11.3 Å². The number of ether oxygens (including phenoxy) is 1. The molecule has 1 N–H and O–H groups in total. The molecule has 0 radical (unpaired) electrons. The molecule has 1 aromatic carbocycles. The summed E-state index contributed by atoms with van der Waals surface area (Å²) in [6, 6.07) is 10.5. The maximum absolute atomic E-state index is 11.9. The molecule has 1 aromatic heterocycles. The van der Waals surface area contributed by atoms with Gasteiger partial charge in [0, 0.05) is 18.0 Å². The van der Waals surface area contributed by atoms with Crippen LogP contribution in [0.25, 0.3) is 0 Å². The minimum atomic E-state index is -3.28. The molecule has 1 saturated carbocycles. The molecule has 1 aliphatic carbocycles. The topological polar surface area (TPSA) is 71.5 Å². The quantitative estimate of drug-likeness (QED) is 0.602. The number of rotatable bonds is 7. The van der Waals surface area contributed by atoms with Gasteiger partial charge in [0.1, 0.15) is 4.60 Å². The molecule has 9 heteroatoms. The molecule has 0 unspecified atom stereocenters. The molecule has 6 nitrogen and oxygen atoms in total. The van der Waals surface area contributed by atoms with Crippen LogP contribution < -0.4 is 9.62 Å². The Morgan fingerprint density at radius 3 is 2.57 bits per heavy atom. The Kier molecular flexibility index (Phi) is 7.14. The fraction of sp³-hybridized carbons (Fsp3) is 0.571. The highest BCUT2D eigenvalue weighted by atomic mass is 79.9. The second-order valence-corrected chi connectivity index (χ2v) is 11.6. The van der Waals surface area contributed by atoms with Crippen LogP contribution >= 0.6 is 27.3 Å². The van der Waals surface area contributed by atoms with Crippen LogP contribution in [-0.4, -0.2) is 51.0 Å². The smallest absolute Gasteiger partial charge is 0.209 e. The maximum Gasteiger partial charge on any atom is 0.209 e. The number of nitrogens with zero attached hydrogens (tertiary/aromatic N) is 2. The molecule has 2 aliphatic rings. The highest BCUT2D eigenvalue weighted by Gasteiger charge is 2.38. The third-order valence-corrected chi connectivity index (χ3v) is 8.39. The van der Waals surface area contributed by atoms with Crippen molar-refractivity contribution in [3.63, 3.8) is 0 Å². The van der Waals surface area contributed by atoms with Crippen LogP contribution in [0, 0.1) is 0 Å². The van der Waals surface area contributed by atoms with E-state index < -0.39 is 10.0 Å².